The summed E-state index contributed by atoms with van der Waals surface area (Å²) in [7, 11) is 4.04. The predicted molar refractivity (Wildman–Crippen MR) is 501 cm³/mol. The average Bonchev–Trinajstić information content (AvgIpc) is 0.913. The van der Waals surface area contributed by atoms with E-state index in [9.17, 15) is 55.6 Å². The number of aliphatic imine (C=N–C) groups is 5. The molecule has 0 heterocycles. The van der Waals surface area contributed by atoms with Crippen LogP contribution < -0.4 is 83.6 Å². The van der Waals surface area contributed by atoms with Crippen LogP contribution in [0, 0.1) is 96.6 Å². The van der Waals surface area contributed by atoms with Gasteiger partial charge in [-0.15, -0.1) is 0 Å². The zero-order valence-corrected chi connectivity index (χ0v) is 83.1. The fraction of sp³-hybridized carbons (Fsp3) is 0.867. The van der Waals surface area contributed by atoms with E-state index in [0.29, 0.717) is 78.8 Å². The predicted octanol–water partition coefficient (Wildman–Crippen LogP) is 7.47. The van der Waals surface area contributed by atoms with Crippen LogP contribution in [0.3, 0.4) is 0 Å². The van der Waals surface area contributed by atoms with Gasteiger partial charge in [-0.25, -0.2) is 59.9 Å². The van der Waals surface area contributed by atoms with Crippen LogP contribution in [0.25, 0.3) is 0 Å². The van der Waals surface area contributed by atoms with E-state index in [0.717, 1.165) is 116 Å². The van der Waals surface area contributed by atoms with Crippen LogP contribution in [0.5, 0.6) is 0 Å². The molecule has 0 bridgehead atoms. The summed E-state index contributed by atoms with van der Waals surface area (Å²) in [6.45, 7) is 57.4. The zero-order valence-electron chi connectivity index (χ0n) is 80.6. The maximum absolute atomic E-state index is 10.9. The second-order valence-electron chi connectivity index (χ2n) is 38.2. The van der Waals surface area contributed by atoms with E-state index in [1.807, 2.05) is 31.2 Å². The van der Waals surface area contributed by atoms with Crippen molar-refractivity contribution in [3.63, 3.8) is 0 Å². The molecule has 0 amide bonds. The van der Waals surface area contributed by atoms with E-state index >= 15 is 0 Å². The number of nitriles is 2. The number of hydrogen-bond acceptors (Lipinski definition) is 19. The normalized spacial score (nSPS) is 12.9. The smallest absolute Gasteiger partial charge is 0.298 e. The number of rotatable bonds is 30. The minimum absolute atomic E-state index is 0.135. The molecule has 718 valence electrons. The topological polar surface area (TPSA) is 650 Å². The molecule has 0 unspecified atom stereocenters. The maximum Gasteiger partial charge on any atom is 0.298 e. The highest BCUT2D eigenvalue weighted by molar-refractivity contribution is 7.88. The van der Waals surface area contributed by atoms with E-state index < -0.39 is 45.7 Å². The first-order chi connectivity index (χ1) is 55.0. The molecule has 0 rings (SSSR count). The molecule has 0 aliphatic rings. The Hall–Kier alpha value is -8.93. The first kappa shape index (κ1) is 129. The van der Waals surface area contributed by atoms with Gasteiger partial charge in [0, 0.05) is 116 Å². The Morgan fingerprint density at radius 1 is 0.352 bits per heavy atom. The first-order valence-corrected chi connectivity index (χ1v) is 45.0. The highest BCUT2D eigenvalue weighted by Gasteiger charge is 2.18. The third-order valence-corrected chi connectivity index (χ3v) is 16.0. The summed E-state index contributed by atoms with van der Waals surface area (Å²) in [5.74, 6) is 1.81. The van der Waals surface area contributed by atoms with Crippen molar-refractivity contribution in [1.29, 1.82) is 10.5 Å². The molecule has 0 saturated carbocycles. The van der Waals surface area contributed by atoms with Crippen LogP contribution in [0.4, 0.5) is 0 Å². The Labute approximate surface area is 734 Å². The summed E-state index contributed by atoms with van der Waals surface area (Å²) < 4.78 is 70.5. The van der Waals surface area contributed by atoms with Crippen molar-refractivity contribution in [2.24, 2.45) is 110 Å². The van der Waals surface area contributed by atoms with Crippen LogP contribution in [-0.4, -0.2) is 219 Å². The van der Waals surface area contributed by atoms with Gasteiger partial charge in [-0.1, -0.05) is 166 Å². The molecule has 0 saturated heterocycles. The molecule has 44 nitrogen and oxygen atoms in total. The lowest BCUT2D eigenvalue weighted by Crippen LogP contribution is -2.44. The Bertz CT molecular complexity index is 3560. The number of hydrogen-bond donors (Lipinski definition) is 16. The van der Waals surface area contributed by atoms with Gasteiger partial charge in [0.25, 0.3) is 48.5 Å². The molecule has 47 heteroatoms. The molecule has 122 heavy (non-hydrogen) atoms. The Morgan fingerprint density at radius 3 is 0.893 bits per heavy atom. The molecule has 0 aromatic carbocycles. The monoisotopic (exact) mass is 1810 g/mol. The molecular weight excluding hydrogens is 1640 g/mol. The van der Waals surface area contributed by atoms with Crippen molar-refractivity contribution in [1.82, 2.24) is 71.4 Å². The standard InChI is InChI=1S/C11H22N4.C10H24N4O2S.C10H22N4O2.C10H20N4.C9H22N4O2S.C9H20N4O2.C8H20N4O2S.C8H18N4O2/c1-11(2,3)7-6-8-13-10(14-9-12)15(4)5;1-10(2,3)7-6-8-12-9(14(4)5)13-17(11,15)16;1-10(2,3)7-6-8-11-9(13(4)5)12-14(15)16;1-10(2,3)6-5-7-13-9(12-4)14-8-11;1-9(2,3)6-5-7-12-8(11-4)13-16(10,14)15;1-9(2,3)6-5-7-11-8(10-4)12-13(14)15;1-8(2,3)5-4-6-11-7(9)12-15(10,13)14;1-8(2,3)5-4-6-10-7(9)11-12(13)14/h6-8H2,1-5H3,(H,13,14);6-8H2,1-5H3,(H,12,13)(H2,11,15,16);6-8H2,1-5H3,(H,11,12);5-7H2,1-4H3,(H2,12,13,14);5-7H2,1-4H3,(H2,10,14,15)(H2,11,12,13);5-7H2,1-4H3,(H2,10,11,12);4-6H2,1-3H3,(H3,9,11,12)(H2,10,13,14);4-6H2,1-3H3,(H3,9,10,11). The van der Waals surface area contributed by atoms with Gasteiger partial charge in [0.1, 0.15) is 15.3 Å². The second kappa shape index (κ2) is 66.6. The number of hydrazone groups is 3. The van der Waals surface area contributed by atoms with Crippen molar-refractivity contribution in [3.8, 4) is 12.4 Å². The highest BCUT2D eigenvalue weighted by Crippen LogP contribution is 2.25. The Morgan fingerprint density at radius 2 is 0.623 bits per heavy atom. The number of nitrogens with zero attached hydrogens (tertiary/aromatic N) is 16. The summed E-state index contributed by atoms with van der Waals surface area (Å²) in [5, 5.41) is 90.8. The highest BCUT2D eigenvalue weighted by atomic mass is 32.2. The van der Waals surface area contributed by atoms with Crippen molar-refractivity contribution < 1.29 is 40.4 Å². The summed E-state index contributed by atoms with van der Waals surface area (Å²) >= 11 is 0. The molecular formula is C75H168N32O12S3. The van der Waals surface area contributed by atoms with Crippen molar-refractivity contribution in [3.05, 3.63) is 30.3 Å². The van der Waals surface area contributed by atoms with Gasteiger partial charge in [0.15, 0.2) is 27.5 Å². The molecule has 0 spiro atoms. The lowest BCUT2D eigenvalue weighted by Gasteiger charge is -2.19. The Kier molecular flexibility index (Phi) is 70.2. The van der Waals surface area contributed by atoms with E-state index in [2.05, 4.69) is 258 Å². The van der Waals surface area contributed by atoms with E-state index in [1.54, 1.807) is 57.0 Å². The summed E-state index contributed by atoms with van der Waals surface area (Å²) in [4.78, 5) is 55.2. The first-order valence-electron chi connectivity index (χ1n) is 40.4. The minimum Gasteiger partial charge on any atom is -0.369 e. The number of nitro groups is 3. The van der Waals surface area contributed by atoms with Crippen LogP contribution >= 0.6 is 0 Å². The molecule has 0 aliphatic carbocycles. The van der Waals surface area contributed by atoms with Crippen LogP contribution in [0.1, 0.15) is 269 Å². The lowest BCUT2D eigenvalue weighted by atomic mass is 9.91. The van der Waals surface area contributed by atoms with Gasteiger partial charge < -0.3 is 58.1 Å². The molecule has 0 radical (unpaired) electrons. The molecule has 0 aromatic rings. The van der Waals surface area contributed by atoms with Gasteiger partial charge in [-0.3, -0.25) is 35.6 Å². The number of guanidine groups is 8. The van der Waals surface area contributed by atoms with Crippen LogP contribution in [0.15, 0.2) is 40.3 Å². The third kappa shape index (κ3) is 120. The third-order valence-electron chi connectivity index (χ3n) is 14.6. The van der Waals surface area contributed by atoms with Gasteiger partial charge in [-0.05, 0) is 146 Å². The van der Waals surface area contributed by atoms with Crippen LogP contribution in [0.2, 0.25) is 0 Å². The second-order valence-corrected chi connectivity index (χ2v) is 42.1. The van der Waals surface area contributed by atoms with Crippen molar-refractivity contribution >= 4 is 78.3 Å². The van der Waals surface area contributed by atoms with Gasteiger partial charge in [0.05, 0.1) is 0 Å². The Balaban J connectivity index is -0.000000203. The largest absolute Gasteiger partial charge is 0.369 e. The molecule has 0 fully saturated rings. The SMILES string of the molecule is CC(C)(C)CCCN/C(N)=N/[N+](=O)[O-].CC(C)(C)CCCN=C(N)NS(N)(=O)=O.CN(C)/C(=N\[N+](=O)[O-])NCCCC(C)(C)C.CN(C)C(=NCCCC(C)(C)C)NC#N.CN(C)C(=NCCCC(C)(C)C)NS(N)(=O)=O.CN/C(=N\[N+](=O)[O-])NCCCC(C)(C)C.CN=C(NC#N)NCCCC(C)(C)C.CN=C(NCCCC(C)(C)C)NS(N)(=O)=O. The van der Waals surface area contributed by atoms with Crippen LogP contribution in [-0.2, 0) is 30.6 Å². The van der Waals surface area contributed by atoms with Crippen molar-refractivity contribution in [2.45, 2.75) is 269 Å². The minimum atomic E-state index is -3.79. The number of nitrogens with one attached hydrogen (secondary N) is 11. The maximum atomic E-state index is 10.9. The summed E-state index contributed by atoms with van der Waals surface area (Å²) in [5.41, 5.74) is 12.9. The average molecular weight is 1810 g/mol. The molecule has 21 N–H and O–H groups in total. The molecule has 0 atom stereocenters. The fourth-order valence-electron chi connectivity index (χ4n) is 8.71. The molecule has 0 aliphatic heterocycles. The lowest BCUT2D eigenvalue weighted by molar-refractivity contribution is -0.485. The van der Waals surface area contributed by atoms with E-state index in [4.69, 9.17) is 37.4 Å². The van der Waals surface area contributed by atoms with E-state index in [1.165, 1.54) is 7.05 Å². The van der Waals surface area contributed by atoms with Crippen molar-refractivity contribution in [2.75, 3.05) is 116 Å². The van der Waals surface area contributed by atoms with Gasteiger partial charge in [-0.2, -0.15) is 35.8 Å². The quantitative estimate of drug-likeness (QED) is 0.00630. The zero-order chi connectivity index (χ0) is 97.4. The number of nitrogens with two attached hydrogens (primary N) is 5. The van der Waals surface area contributed by atoms with E-state index in [-0.39, 0.29) is 51.5 Å². The fourth-order valence-corrected chi connectivity index (χ4v) is 10.00. The van der Waals surface area contributed by atoms with Gasteiger partial charge >= 0.3 is 0 Å². The molecule has 0 aromatic heterocycles. The summed E-state index contributed by atoms with van der Waals surface area (Å²) in [6, 6.07) is 0. The van der Waals surface area contributed by atoms with Gasteiger partial charge in [0.2, 0.25) is 29.8 Å². The summed E-state index contributed by atoms with van der Waals surface area (Å²) in [6.07, 6.45) is 19.9.